The lowest BCUT2D eigenvalue weighted by atomic mass is 9.70. The Labute approximate surface area is 217 Å². The van der Waals surface area contributed by atoms with E-state index in [-0.39, 0.29) is 59.5 Å². The van der Waals surface area contributed by atoms with E-state index in [1.807, 2.05) is 24.3 Å². The number of hydrogen-bond acceptors (Lipinski definition) is 7. The minimum Gasteiger partial charge on any atom is -0.465 e. The van der Waals surface area contributed by atoms with E-state index in [2.05, 4.69) is 13.8 Å². The van der Waals surface area contributed by atoms with Gasteiger partial charge < -0.3 is 14.6 Å². The molecule has 7 aliphatic rings. The topological polar surface area (TPSA) is 97.7 Å². The van der Waals surface area contributed by atoms with Gasteiger partial charge in [-0.2, -0.15) is 5.06 Å². The van der Waals surface area contributed by atoms with Crippen molar-refractivity contribution in [2.45, 2.75) is 63.2 Å². The molecule has 4 bridgehead atoms. The van der Waals surface area contributed by atoms with Crippen LogP contribution in [0.15, 0.2) is 29.3 Å². The number of nitrogens with zero attached hydrogens (tertiary/aromatic N) is 2. The van der Waals surface area contributed by atoms with Crippen LogP contribution in [0.1, 0.15) is 45.1 Å². The Hall–Kier alpha value is -2.29. The fourth-order valence-electron chi connectivity index (χ4n) is 8.95. The Bertz CT molecular complexity index is 1170. The first-order valence-corrected chi connectivity index (χ1v) is 13.9. The average Bonchev–Trinajstić information content (AvgIpc) is 3.39. The smallest absolute Gasteiger partial charge is 0.309 e. The molecule has 11 atom stereocenters. The summed E-state index contributed by atoms with van der Waals surface area (Å²) >= 11 is 0. The molecule has 198 valence electrons. The largest absolute Gasteiger partial charge is 0.465 e. The summed E-state index contributed by atoms with van der Waals surface area (Å²) in [6.45, 7) is 5.34. The molecule has 8 rings (SSSR count). The lowest BCUT2D eigenvalue weighted by Gasteiger charge is -2.40. The third kappa shape index (κ3) is 3.15. The molecule has 1 amide bonds. The number of esters is 1. The molecular weight excluding hydrogens is 472 g/mol. The van der Waals surface area contributed by atoms with E-state index in [9.17, 15) is 14.7 Å². The van der Waals surface area contributed by atoms with Crippen LogP contribution in [0.2, 0.25) is 0 Å². The molecule has 1 aromatic carbocycles. The van der Waals surface area contributed by atoms with Crippen LogP contribution >= 0.6 is 0 Å². The van der Waals surface area contributed by atoms with Gasteiger partial charge in [0.1, 0.15) is 5.41 Å². The lowest BCUT2D eigenvalue weighted by Crippen LogP contribution is -2.51. The number of fused-ring (bicyclic) bond motifs is 3. The number of anilines is 1. The molecular formula is C29H36N2O6. The van der Waals surface area contributed by atoms with Gasteiger partial charge in [-0.3, -0.25) is 19.4 Å². The number of ether oxygens (including phenoxy) is 2. The highest BCUT2D eigenvalue weighted by atomic mass is 16.7. The first-order chi connectivity index (χ1) is 17.8. The van der Waals surface area contributed by atoms with Crippen molar-refractivity contribution in [1.29, 1.82) is 0 Å². The van der Waals surface area contributed by atoms with Crippen molar-refractivity contribution < 1.29 is 29.0 Å². The number of cyclic esters (lactones) is 1. The molecule has 5 fully saturated rings. The highest BCUT2D eigenvalue weighted by Crippen LogP contribution is 2.57. The SMILES string of the molecule is CON1C(=O)C2(CC3N=C(C(C)CC4C(=O)OCC5C(C)CC(O)C45)C4CC2OCC34)c2ccccc21. The first-order valence-electron chi connectivity index (χ1n) is 13.9. The summed E-state index contributed by atoms with van der Waals surface area (Å²) < 4.78 is 12.0. The summed E-state index contributed by atoms with van der Waals surface area (Å²) in [5, 5.41) is 12.2. The zero-order valence-corrected chi connectivity index (χ0v) is 21.7. The van der Waals surface area contributed by atoms with Gasteiger partial charge in [0.15, 0.2) is 0 Å². The summed E-state index contributed by atoms with van der Waals surface area (Å²) in [5.41, 5.74) is 2.15. The normalized spacial score (nSPS) is 44.5. The number of aliphatic hydroxyl groups is 1. The molecule has 5 heterocycles. The van der Waals surface area contributed by atoms with Gasteiger partial charge in [0.05, 0.1) is 50.2 Å². The van der Waals surface area contributed by atoms with Gasteiger partial charge in [-0.15, -0.1) is 0 Å². The molecule has 0 radical (unpaired) electrons. The average molecular weight is 509 g/mol. The number of hydrogen-bond donors (Lipinski definition) is 1. The van der Waals surface area contributed by atoms with Crippen LogP contribution in [0.3, 0.4) is 0 Å². The van der Waals surface area contributed by atoms with Crippen molar-refractivity contribution in [2.75, 3.05) is 25.4 Å². The summed E-state index contributed by atoms with van der Waals surface area (Å²) in [5.74, 6) is 0.628. The molecule has 2 saturated carbocycles. The zero-order valence-electron chi connectivity index (χ0n) is 21.7. The number of para-hydroxylation sites is 1. The standard InChI is InChI=1S/C29H36N2O6/c1-14-9-23(32)25-17(27(33)37-12-18(14)25)8-15(2)26-16-10-24-29(11-21(30-26)19(16)13-36-24)20-6-4-5-7-22(20)31(35-3)28(29)34/h4-7,14-19,21,23-25,32H,8-13H2,1-3H3. The number of aliphatic hydroxyl groups excluding tert-OH is 1. The van der Waals surface area contributed by atoms with Crippen LogP contribution < -0.4 is 5.06 Å². The van der Waals surface area contributed by atoms with Gasteiger partial charge >= 0.3 is 5.97 Å². The fraction of sp³-hybridized carbons (Fsp3) is 0.690. The fourth-order valence-corrected chi connectivity index (χ4v) is 8.95. The van der Waals surface area contributed by atoms with E-state index < -0.39 is 11.5 Å². The van der Waals surface area contributed by atoms with Crippen LogP contribution in [0.4, 0.5) is 5.69 Å². The third-order valence-corrected chi connectivity index (χ3v) is 10.7. The predicted octanol–water partition coefficient (Wildman–Crippen LogP) is 2.91. The Morgan fingerprint density at radius 1 is 1.22 bits per heavy atom. The maximum atomic E-state index is 13.9. The lowest BCUT2D eigenvalue weighted by molar-refractivity contribution is -0.164. The number of aliphatic imine (C=N–C) groups is 1. The van der Waals surface area contributed by atoms with E-state index >= 15 is 0 Å². The van der Waals surface area contributed by atoms with Crippen molar-refractivity contribution in [1.82, 2.24) is 0 Å². The van der Waals surface area contributed by atoms with Gasteiger partial charge in [0.25, 0.3) is 5.91 Å². The zero-order chi connectivity index (χ0) is 25.6. The van der Waals surface area contributed by atoms with E-state index in [1.54, 1.807) is 0 Å². The Kier molecular flexibility index (Phi) is 5.37. The van der Waals surface area contributed by atoms with E-state index in [0.29, 0.717) is 32.0 Å². The highest BCUT2D eigenvalue weighted by molar-refractivity contribution is 6.07. The second kappa shape index (κ2) is 8.35. The van der Waals surface area contributed by atoms with Gasteiger partial charge in [0.2, 0.25) is 0 Å². The monoisotopic (exact) mass is 508 g/mol. The highest BCUT2D eigenvalue weighted by Gasteiger charge is 2.64. The molecule has 1 spiro atoms. The van der Waals surface area contributed by atoms with Crippen molar-refractivity contribution in [2.24, 2.45) is 46.4 Å². The number of benzene rings is 1. The first kappa shape index (κ1) is 23.8. The van der Waals surface area contributed by atoms with Crippen LogP contribution in [0.5, 0.6) is 0 Å². The van der Waals surface area contributed by atoms with E-state index in [1.165, 1.54) is 12.2 Å². The number of amides is 1. The molecule has 1 aromatic rings. The quantitative estimate of drug-likeness (QED) is 0.628. The molecule has 5 aliphatic heterocycles. The van der Waals surface area contributed by atoms with Crippen LogP contribution in [0.25, 0.3) is 0 Å². The second-order valence-electron chi connectivity index (χ2n) is 12.3. The maximum absolute atomic E-state index is 13.9. The maximum Gasteiger partial charge on any atom is 0.309 e. The van der Waals surface area contributed by atoms with Crippen molar-refractivity contribution in [3.05, 3.63) is 29.8 Å². The van der Waals surface area contributed by atoms with Gasteiger partial charge in [-0.05, 0) is 49.1 Å². The number of carbonyl (C=O) groups excluding carboxylic acids is 2. The minimum atomic E-state index is -0.788. The minimum absolute atomic E-state index is 0.00749. The van der Waals surface area contributed by atoms with Crippen molar-refractivity contribution >= 4 is 23.3 Å². The number of hydroxylamine groups is 1. The molecule has 11 unspecified atom stereocenters. The Balaban J connectivity index is 1.19. The molecule has 2 aliphatic carbocycles. The summed E-state index contributed by atoms with van der Waals surface area (Å²) in [6.07, 6.45) is 2.04. The number of carbonyl (C=O) groups is 2. The van der Waals surface area contributed by atoms with Crippen LogP contribution in [-0.4, -0.2) is 61.3 Å². The van der Waals surface area contributed by atoms with Crippen LogP contribution in [0, 0.1) is 41.4 Å². The van der Waals surface area contributed by atoms with Crippen molar-refractivity contribution in [3.8, 4) is 0 Å². The third-order valence-electron chi connectivity index (χ3n) is 10.7. The summed E-state index contributed by atoms with van der Waals surface area (Å²) in [6, 6.07) is 7.88. The molecule has 1 N–H and O–H groups in total. The predicted molar refractivity (Wildman–Crippen MR) is 135 cm³/mol. The van der Waals surface area contributed by atoms with Gasteiger partial charge in [-0.1, -0.05) is 32.0 Å². The van der Waals surface area contributed by atoms with Gasteiger partial charge in [-0.25, -0.2) is 0 Å². The number of rotatable bonds is 4. The molecule has 8 heteroatoms. The van der Waals surface area contributed by atoms with E-state index in [4.69, 9.17) is 19.3 Å². The second-order valence-corrected chi connectivity index (χ2v) is 12.3. The Morgan fingerprint density at radius 2 is 2.03 bits per heavy atom. The van der Waals surface area contributed by atoms with E-state index in [0.717, 1.165) is 29.8 Å². The molecule has 8 nitrogen and oxygen atoms in total. The van der Waals surface area contributed by atoms with Crippen LogP contribution in [-0.2, 0) is 29.3 Å². The van der Waals surface area contributed by atoms with Crippen molar-refractivity contribution in [3.63, 3.8) is 0 Å². The molecule has 37 heavy (non-hydrogen) atoms. The summed E-state index contributed by atoms with van der Waals surface area (Å²) in [4.78, 5) is 37.6. The molecule has 0 aromatic heterocycles. The Morgan fingerprint density at radius 3 is 2.84 bits per heavy atom. The van der Waals surface area contributed by atoms with Gasteiger partial charge in [0, 0.05) is 29.4 Å². The summed E-state index contributed by atoms with van der Waals surface area (Å²) in [7, 11) is 1.54. The molecule has 3 saturated heterocycles.